The van der Waals surface area contributed by atoms with Crippen molar-refractivity contribution in [2.24, 2.45) is 11.8 Å². The summed E-state index contributed by atoms with van der Waals surface area (Å²) in [5.41, 5.74) is 0. The van der Waals surface area contributed by atoms with E-state index in [0.717, 1.165) is 32.5 Å². The number of rotatable bonds is 2. The van der Waals surface area contributed by atoms with Gasteiger partial charge in [-0.2, -0.15) is 0 Å². The molecule has 2 unspecified atom stereocenters. The molecular weight excluding hydrogens is 274 g/mol. The molecule has 1 aliphatic carbocycles. The molecule has 0 aromatic rings. The molecule has 3 nitrogen and oxygen atoms in total. The molecule has 1 heterocycles. The molecule has 0 bridgehead atoms. The van der Waals surface area contributed by atoms with Crippen LogP contribution in [0.4, 0.5) is 0 Å². The second kappa shape index (κ2) is 6.98. The maximum absolute atomic E-state index is 12.2. The number of piperazine rings is 1. The van der Waals surface area contributed by atoms with Gasteiger partial charge in [0.05, 0.1) is 0 Å². The van der Waals surface area contributed by atoms with Crippen molar-refractivity contribution in [3.05, 3.63) is 5.32 Å². The van der Waals surface area contributed by atoms with Crippen molar-refractivity contribution in [2.75, 3.05) is 19.6 Å². The van der Waals surface area contributed by atoms with Crippen LogP contribution in [-0.2, 0) is 4.79 Å². The van der Waals surface area contributed by atoms with Crippen molar-refractivity contribution in [3.8, 4) is 0 Å². The van der Waals surface area contributed by atoms with Crippen molar-refractivity contribution in [2.45, 2.75) is 39.2 Å². The fraction of sp³-hybridized carbons (Fsp3) is 0.917. The predicted molar refractivity (Wildman–Crippen MR) is 60.8 cm³/mol. The Kier molecular flexibility index (Phi) is 6.67. The third-order valence-corrected chi connectivity index (χ3v) is 3.97. The quantitative estimate of drug-likeness (QED) is 0.645. The van der Waals surface area contributed by atoms with Crippen molar-refractivity contribution in [1.29, 1.82) is 0 Å². The SMILES string of the molecule is CC[C@@H]1C[N-]CCN1C(=O)C1CCC1C.[Rb+]. The molecule has 3 atom stereocenters. The van der Waals surface area contributed by atoms with Gasteiger partial charge in [0.15, 0.2) is 0 Å². The van der Waals surface area contributed by atoms with Gasteiger partial charge in [0.1, 0.15) is 0 Å². The van der Waals surface area contributed by atoms with Crippen molar-refractivity contribution < 1.29 is 63.0 Å². The third-order valence-electron chi connectivity index (χ3n) is 3.97. The van der Waals surface area contributed by atoms with Gasteiger partial charge in [-0.15, -0.1) is 13.1 Å². The summed E-state index contributed by atoms with van der Waals surface area (Å²) < 4.78 is 0. The Balaban J connectivity index is 0.00000128. The van der Waals surface area contributed by atoms with Crippen molar-refractivity contribution in [3.63, 3.8) is 0 Å². The van der Waals surface area contributed by atoms with Gasteiger partial charge in [0, 0.05) is 18.5 Å². The fourth-order valence-corrected chi connectivity index (χ4v) is 2.59. The minimum absolute atomic E-state index is 0. The molecule has 4 heteroatoms. The Morgan fingerprint density at radius 1 is 1.44 bits per heavy atom. The number of carbonyl (C=O) groups excluding carboxylic acids is 1. The molecule has 0 N–H and O–H groups in total. The number of nitrogens with zero attached hydrogens (tertiary/aromatic N) is 2. The Hall–Kier alpha value is 1.24. The molecule has 1 aliphatic heterocycles. The summed E-state index contributed by atoms with van der Waals surface area (Å²) in [5, 5.41) is 4.39. The van der Waals surface area contributed by atoms with Crippen LogP contribution in [0.25, 0.3) is 5.32 Å². The summed E-state index contributed by atoms with van der Waals surface area (Å²) >= 11 is 0. The van der Waals surface area contributed by atoms with Gasteiger partial charge in [0.25, 0.3) is 0 Å². The van der Waals surface area contributed by atoms with Crippen molar-refractivity contribution >= 4 is 5.91 Å². The molecule has 1 saturated heterocycles. The van der Waals surface area contributed by atoms with Crippen LogP contribution in [0.2, 0.25) is 0 Å². The smallest absolute Gasteiger partial charge is 0.659 e. The fourth-order valence-electron chi connectivity index (χ4n) is 2.59. The maximum atomic E-state index is 12.2. The molecule has 1 saturated carbocycles. The molecule has 0 spiro atoms. The van der Waals surface area contributed by atoms with Gasteiger partial charge in [0.2, 0.25) is 5.91 Å². The second-order valence-electron chi connectivity index (χ2n) is 4.88. The zero-order chi connectivity index (χ0) is 10.8. The second-order valence-corrected chi connectivity index (χ2v) is 4.88. The molecule has 2 rings (SSSR count). The van der Waals surface area contributed by atoms with Gasteiger partial charge in [-0.05, 0) is 25.2 Å². The minimum atomic E-state index is 0. The van der Waals surface area contributed by atoms with E-state index in [9.17, 15) is 4.79 Å². The van der Waals surface area contributed by atoms with Crippen LogP contribution >= 0.6 is 0 Å². The molecule has 0 aromatic carbocycles. The van der Waals surface area contributed by atoms with Crippen LogP contribution in [0.15, 0.2) is 0 Å². The van der Waals surface area contributed by atoms with Gasteiger partial charge in [-0.3, -0.25) is 4.79 Å². The first kappa shape index (κ1) is 15.3. The molecule has 16 heavy (non-hydrogen) atoms. The number of hydrogen-bond donors (Lipinski definition) is 0. The van der Waals surface area contributed by atoms with Crippen LogP contribution < -0.4 is 58.2 Å². The summed E-state index contributed by atoms with van der Waals surface area (Å²) in [6.07, 6.45) is 3.37. The largest absolute Gasteiger partial charge is 1.00 e. The van der Waals surface area contributed by atoms with E-state index in [1.165, 1.54) is 6.42 Å². The monoisotopic (exact) mass is 294 g/mol. The van der Waals surface area contributed by atoms with E-state index in [-0.39, 0.29) is 58.2 Å². The summed E-state index contributed by atoms with van der Waals surface area (Å²) in [6, 6.07) is 0.374. The van der Waals surface area contributed by atoms with E-state index in [1.807, 2.05) is 0 Å². The number of carbonyl (C=O) groups is 1. The van der Waals surface area contributed by atoms with Gasteiger partial charge < -0.3 is 10.2 Å². The Bertz CT molecular complexity index is 247. The average molecular weight is 295 g/mol. The first-order chi connectivity index (χ1) is 7.24. The standard InChI is InChI=1S/C12H21N2O.Rb/c1-3-10-8-13-6-7-14(10)12(15)11-5-4-9(11)2;/h9-11H,3-8H2,1-2H3;/q-1;+1/t9?,10-,11?;/m1./s1. The molecule has 0 aromatic heterocycles. The van der Waals surface area contributed by atoms with E-state index < -0.39 is 0 Å². The molecule has 2 aliphatic rings. The normalized spacial score (nSPS) is 33.9. The predicted octanol–water partition coefficient (Wildman–Crippen LogP) is -0.969. The molecule has 86 valence electrons. The van der Waals surface area contributed by atoms with Gasteiger partial charge in [-0.1, -0.05) is 13.8 Å². The van der Waals surface area contributed by atoms with E-state index in [0.29, 0.717) is 23.8 Å². The summed E-state index contributed by atoms with van der Waals surface area (Å²) in [4.78, 5) is 14.3. The number of hydrogen-bond acceptors (Lipinski definition) is 1. The Morgan fingerprint density at radius 3 is 2.69 bits per heavy atom. The Morgan fingerprint density at radius 2 is 2.19 bits per heavy atom. The van der Waals surface area contributed by atoms with E-state index in [1.54, 1.807) is 0 Å². The van der Waals surface area contributed by atoms with Gasteiger partial charge in [-0.25, -0.2) is 0 Å². The first-order valence-electron chi connectivity index (χ1n) is 6.17. The van der Waals surface area contributed by atoms with E-state index in [2.05, 4.69) is 24.1 Å². The Labute approximate surface area is 148 Å². The molecule has 1 amide bonds. The topological polar surface area (TPSA) is 34.4 Å². The van der Waals surface area contributed by atoms with Crippen LogP contribution in [0.1, 0.15) is 33.1 Å². The van der Waals surface area contributed by atoms with Crippen LogP contribution in [-0.4, -0.2) is 36.5 Å². The molecular formula is C12H21N2ORb. The van der Waals surface area contributed by atoms with Crippen LogP contribution in [0, 0.1) is 11.8 Å². The van der Waals surface area contributed by atoms with Crippen molar-refractivity contribution in [1.82, 2.24) is 4.90 Å². The summed E-state index contributed by atoms with van der Waals surface area (Å²) in [7, 11) is 0. The molecule has 2 fully saturated rings. The van der Waals surface area contributed by atoms with Gasteiger partial charge >= 0.3 is 58.2 Å². The zero-order valence-corrected chi connectivity index (χ0v) is 15.7. The third kappa shape index (κ3) is 3.16. The number of amides is 1. The maximum Gasteiger partial charge on any atom is 1.00 e. The summed E-state index contributed by atoms with van der Waals surface area (Å²) in [5.74, 6) is 1.32. The van der Waals surface area contributed by atoms with E-state index in [4.69, 9.17) is 0 Å². The average Bonchev–Trinajstić information content (AvgIpc) is 2.26. The van der Waals surface area contributed by atoms with E-state index >= 15 is 0 Å². The van der Waals surface area contributed by atoms with Crippen LogP contribution in [0.5, 0.6) is 0 Å². The first-order valence-corrected chi connectivity index (χ1v) is 6.17. The van der Waals surface area contributed by atoms with Crippen LogP contribution in [0.3, 0.4) is 0 Å². The zero-order valence-electron chi connectivity index (χ0n) is 10.8. The minimum Gasteiger partial charge on any atom is -0.659 e. The molecule has 0 radical (unpaired) electrons. The summed E-state index contributed by atoms with van der Waals surface area (Å²) in [6.45, 7) is 6.88.